The average Bonchev–Trinajstić information content (AvgIpc) is 2.95. The molecular weight excluding hydrogens is 245 g/mol. The lowest BCUT2D eigenvalue weighted by Gasteiger charge is -2.47. The van der Waals surface area contributed by atoms with Gasteiger partial charge in [-0.05, 0) is 26.2 Å². The summed E-state index contributed by atoms with van der Waals surface area (Å²) in [6.07, 6.45) is -0.420. The van der Waals surface area contributed by atoms with E-state index in [0.29, 0.717) is 4.39 Å². The van der Waals surface area contributed by atoms with Crippen molar-refractivity contribution in [1.29, 1.82) is 0 Å². The normalized spacial score (nSPS) is 32.0. The van der Waals surface area contributed by atoms with Crippen LogP contribution in [0.2, 0.25) is 0 Å². The third-order valence-corrected chi connectivity index (χ3v) is 4.70. The van der Waals surface area contributed by atoms with E-state index in [1.165, 1.54) is 5.56 Å². The summed E-state index contributed by atoms with van der Waals surface area (Å²) in [5.74, 6) is 0. The fraction of sp³-hybridized carbons (Fsp3) is 0.647. The second kappa shape index (κ2) is 4.61. The van der Waals surface area contributed by atoms with Gasteiger partial charge in [0.1, 0.15) is 18.2 Å². The van der Waals surface area contributed by atoms with Crippen molar-refractivity contribution in [3.8, 4) is 0 Å². The van der Waals surface area contributed by atoms with Gasteiger partial charge in [0.05, 0.1) is 0 Å². The highest BCUT2D eigenvalue weighted by Crippen LogP contribution is 2.58. The van der Waals surface area contributed by atoms with Gasteiger partial charge >= 0.3 is 0 Å². The lowest BCUT2D eigenvalue weighted by Crippen LogP contribution is -2.48. The molecule has 0 amide bonds. The van der Waals surface area contributed by atoms with Crippen LogP contribution in [0.15, 0.2) is 30.3 Å². The maximum absolute atomic E-state index is 10.8. The Bertz CT molecular complexity index is 474. The Morgan fingerprint density at radius 2 is 1.55 bits per heavy atom. The predicted molar refractivity (Wildman–Crippen MR) is 84.2 cm³/mol. The summed E-state index contributed by atoms with van der Waals surface area (Å²) in [5, 5.41) is 10.8. The molecule has 109 valence electrons. The summed E-state index contributed by atoms with van der Waals surface area (Å²) >= 11 is 0. The highest BCUT2D eigenvalue weighted by molar-refractivity contribution is 5.99. The molecule has 4 atom stereocenters. The van der Waals surface area contributed by atoms with Gasteiger partial charge in [-0.25, -0.2) is 7.98 Å². The first-order valence-corrected chi connectivity index (χ1v) is 7.41. The van der Waals surface area contributed by atoms with Crippen molar-refractivity contribution in [1.82, 2.24) is 0 Å². The molecule has 2 rings (SSSR count). The van der Waals surface area contributed by atoms with E-state index in [2.05, 4.69) is 53.7 Å². The highest BCUT2D eigenvalue weighted by Gasteiger charge is 2.64. The summed E-state index contributed by atoms with van der Waals surface area (Å²) < 4.78 is 0.412. The van der Waals surface area contributed by atoms with Crippen LogP contribution in [0.3, 0.4) is 0 Å². The maximum Gasteiger partial charge on any atom is 0.123 e. The van der Waals surface area contributed by atoms with E-state index < -0.39 is 6.10 Å². The average molecular weight is 272 g/mol. The Morgan fingerprint density at radius 3 is 1.95 bits per heavy atom. The molecule has 1 aliphatic rings. The zero-order valence-electron chi connectivity index (χ0n) is 13.6. The lowest BCUT2D eigenvalue weighted by molar-refractivity contribution is -0.768. The molecule has 1 aliphatic heterocycles. The van der Waals surface area contributed by atoms with E-state index in [4.69, 9.17) is 7.98 Å². The predicted octanol–water partition coefficient (Wildman–Crippen LogP) is 3.22. The Kier molecular flexibility index (Phi) is 3.59. The minimum Gasteiger partial charge on any atom is -0.564 e. The second-order valence-corrected chi connectivity index (χ2v) is 8.16. The van der Waals surface area contributed by atoms with Crippen molar-refractivity contribution in [2.24, 2.45) is 5.41 Å². The van der Waals surface area contributed by atoms with Gasteiger partial charge in [0.25, 0.3) is 0 Å². The largest absolute Gasteiger partial charge is 0.564 e. The van der Waals surface area contributed by atoms with Crippen LogP contribution in [0.5, 0.6) is 0 Å². The third-order valence-electron chi connectivity index (χ3n) is 4.70. The standard InChI is InChI=1S/C17H27BNO/c1-16(2,3)15(20)14-13(12-10-8-7-9-11-12)19(14,18)17(4,5)6/h7-11,13-15,20H,1-6H3/t13-,14?,15?,19-/m0/s1. The zero-order valence-corrected chi connectivity index (χ0v) is 13.6. The Balaban J connectivity index is 2.40. The Morgan fingerprint density at radius 1 is 1.05 bits per heavy atom. The summed E-state index contributed by atoms with van der Waals surface area (Å²) in [7, 11) is 6.72. The van der Waals surface area contributed by atoms with Crippen LogP contribution in [0.25, 0.3) is 0 Å². The second-order valence-electron chi connectivity index (χ2n) is 8.16. The molecular formula is C17H27BNO. The van der Waals surface area contributed by atoms with Gasteiger partial charge in [-0.15, -0.1) is 0 Å². The molecule has 0 aromatic heterocycles. The van der Waals surface area contributed by atoms with Crippen LogP contribution < -0.4 is 0 Å². The molecule has 1 aromatic rings. The molecule has 0 aliphatic carbocycles. The molecule has 1 N–H and O–H groups in total. The SMILES string of the molecule is [B-][N@+]1(C(C)(C)C)C(C(O)C(C)(C)C)[C@@H]1c1ccccc1. The molecule has 0 bridgehead atoms. The van der Waals surface area contributed by atoms with Crippen LogP contribution in [-0.4, -0.2) is 35.2 Å². The van der Waals surface area contributed by atoms with Crippen LogP contribution in [-0.2, 0) is 0 Å². The first kappa shape index (κ1) is 15.6. The molecule has 2 unspecified atom stereocenters. The molecule has 1 aromatic carbocycles. The van der Waals surface area contributed by atoms with E-state index in [0.717, 1.165) is 0 Å². The van der Waals surface area contributed by atoms with Crippen molar-refractivity contribution in [2.75, 3.05) is 0 Å². The fourth-order valence-corrected chi connectivity index (χ4v) is 3.26. The van der Waals surface area contributed by atoms with Crippen LogP contribution in [0, 0.1) is 5.41 Å². The minimum atomic E-state index is -0.420. The van der Waals surface area contributed by atoms with Crippen molar-refractivity contribution >= 4 is 7.98 Å². The molecule has 20 heavy (non-hydrogen) atoms. The van der Waals surface area contributed by atoms with E-state index in [-0.39, 0.29) is 23.0 Å². The van der Waals surface area contributed by atoms with Gasteiger partial charge in [-0.1, -0.05) is 51.1 Å². The number of rotatable bonds is 2. The minimum absolute atomic E-state index is 0.0531. The molecule has 1 heterocycles. The van der Waals surface area contributed by atoms with Crippen LogP contribution in [0.1, 0.15) is 53.1 Å². The lowest BCUT2D eigenvalue weighted by atomic mass is 9.85. The molecule has 3 radical (unpaired) electrons. The van der Waals surface area contributed by atoms with Crippen molar-refractivity contribution in [3.05, 3.63) is 35.9 Å². The van der Waals surface area contributed by atoms with Crippen molar-refractivity contribution < 1.29 is 9.50 Å². The van der Waals surface area contributed by atoms with Crippen molar-refractivity contribution in [2.45, 2.75) is 65.3 Å². The monoisotopic (exact) mass is 272 g/mol. The van der Waals surface area contributed by atoms with Gasteiger partial charge in [0.15, 0.2) is 0 Å². The molecule has 0 saturated carbocycles. The highest BCUT2D eigenvalue weighted by atomic mass is 16.3. The summed E-state index contributed by atoms with van der Waals surface area (Å²) in [5.41, 5.74) is 0.956. The summed E-state index contributed by atoms with van der Waals surface area (Å²) in [6.45, 7) is 12.7. The summed E-state index contributed by atoms with van der Waals surface area (Å²) in [6, 6.07) is 10.6. The third kappa shape index (κ3) is 2.31. The van der Waals surface area contributed by atoms with E-state index in [1.54, 1.807) is 0 Å². The Labute approximate surface area is 124 Å². The molecule has 3 heteroatoms. The quantitative estimate of drug-likeness (QED) is 0.647. The number of aliphatic hydroxyl groups is 1. The zero-order chi connectivity index (χ0) is 15.3. The molecule has 1 saturated heterocycles. The number of hydrogen-bond donors (Lipinski definition) is 1. The van der Waals surface area contributed by atoms with Crippen LogP contribution in [0.4, 0.5) is 0 Å². The van der Waals surface area contributed by atoms with E-state index in [9.17, 15) is 5.11 Å². The van der Waals surface area contributed by atoms with Gasteiger partial charge in [0.2, 0.25) is 0 Å². The van der Waals surface area contributed by atoms with Gasteiger partial charge < -0.3 is 9.50 Å². The van der Waals surface area contributed by atoms with Crippen LogP contribution >= 0.6 is 0 Å². The number of hydrogen-bond acceptors (Lipinski definition) is 1. The summed E-state index contributed by atoms with van der Waals surface area (Å²) in [4.78, 5) is 0. The maximum atomic E-state index is 10.8. The fourth-order valence-electron chi connectivity index (χ4n) is 3.26. The molecule has 0 spiro atoms. The van der Waals surface area contributed by atoms with Crippen molar-refractivity contribution in [3.63, 3.8) is 0 Å². The topological polar surface area (TPSA) is 20.2 Å². The van der Waals surface area contributed by atoms with E-state index >= 15 is 0 Å². The number of benzene rings is 1. The number of quaternary nitrogens is 1. The number of nitrogens with zero attached hydrogens (tertiary/aromatic N) is 1. The first-order valence-electron chi connectivity index (χ1n) is 7.41. The van der Waals surface area contributed by atoms with Gasteiger partial charge in [-0.3, -0.25) is 0 Å². The Hall–Kier alpha value is -0.795. The van der Waals surface area contributed by atoms with E-state index in [1.807, 2.05) is 18.2 Å². The molecule has 2 nitrogen and oxygen atoms in total. The molecule has 1 fully saturated rings. The number of aliphatic hydroxyl groups excluding tert-OH is 1. The first-order chi connectivity index (χ1) is 9.01. The van der Waals surface area contributed by atoms with Gasteiger partial charge in [-0.2, -0.15) is 0 Å². The smallest absolute Gasteiger partial charge is 0.123 e. The van der Waals surface area contributed by atoms with Gasteiger partial charge in [0, 0.05) is 11.1 Å².